The number of rotatable bonds is 9. The monoisotopic (exact) mass is 446 g/mol. The molecular weight excluding hydrogens is 414 g/mol. The third-order valence-corrected chi connectivity index (χ3v) is 6.11. The largest absolute Gasteiger partial charge is 0.390 e. The predicted octanol–water partition coefficient (Wildman–Crippen LogP) is 3.23. The van der Waals surface area contributed by atoms with Crippen LogP contribution in [0.1, 0.15) is 43.4 Å². The summed E-state index contributed by atoms with van der Waals surface area (Å²) < 4.78 is 32.8. The van der Waals surface area contributed by atoms with Crippen LogP contribution < -0.4 is 10.6 Å². The lowest BCUT2D eigenvalue weighted by atomic mass is 9.81. The second-order valence-corrected chi connectivity index (χ2v) is 8.49. The molecule has 0 radical (unpaired) electrons. The van der Waals surface area contributed by atoms with E-state index in [1.807, 2.05) is 6.07 Å². The molecule has 1 saturated heterocycles. The standard InChI is InChI=1S/C25H32F2N2O3/c1-3-18-5-4-6-20(11-18)25(7-9-32-10-8-25)28-16-24(31)23(29-17(2)30)14-19-12-21(26)15-22(27)13-19/h4-6,11-13,15,23-24,28,31H,3,7-10,14,16H2,1-2H3,(H,29,30)/t23-,24+/m0/s1. The summed E-state index contributed by atoms with van der Waals surface area (Å²) in [4.78, 5) is 11.7. The Morgan fingerprint density at radius 2 is 1.81 bits per heavy atom. The molecule has 2 atom stereocenters. The van der Waals surface area contributed by atoms with Crippen molar-refractivity contribution in [2.45, 2.75) is 57.2 Å². The fourth-order valence-corrected chi connectivity index (χ4v) is 4.35. The van der Waals surface area contributed by atoms with Crippen LogP contribution >= 0.6 is 0 Å². The second kappa shape index (κ2) is 11.0. The van der Waals surface area contributed by atoms with Gasteiger partial charge in [-0.2, -0.15) is 0 Å². The van der Waals surface area contributed by atoms with Gasteiger partial charge in [0.05, 0.1) is 12.1 Å². The van der Waals surface area contributed by atoms with Crippen LogP contribution in [0, 0.1) is 11.6 Å². The number of halogens is 2. The van der Waals surface area contributed by atoms with Gasteiger partial charge < -0.3 is 20.5 Å². The van der Waals surface area contributed by atoms with Crippen LogP contribution in [0.2, 0.25) is 0 Å². The van der Waals surface area contributed by atoms with Crippen LogP contribution in [-0.4, -0.2) is 42.9 Å². The fraction of sp³-hybridized carbons (Fsp3) is 0.480. The van der Waals surface area contributed by atoms with Gasteiger partial charge in [-0.3, -0.25) is 4.79 Å². The quantitative estimate of drug-likeness (QED) is 0.553. The van der Waals surface area contributed by atoms with Crippen molar-refractivity contribution in [1.29, 1.82) is 0 Å². The van der Waals surface area contributed by atoms with E-state index >= 15 is 0 Å². The van der Waals surface area contributed by atoms with Gasteiger partial charge in [-0.25, -0.2) is 8.78 Å². The zero-order valence-electron chi connectivity index (χ0n) is 18.7. The Morgan fingerprint density at radius 1 is 1.12 bits per heavy atom. The van der Waals surface area contributed by atoms with E-state index < -0.39 is 23.8 Å². The Morgan fingerprint density at radius 3 is 2.44 bits per heavy atom. The highest BCUT2D eigenvalue weighted by atomic mass is 19.1. The van der Waals surface area contributed by atoms with Crippen molar-refractivity contribution < 1.29 is 23.4 Å². The molecular formula is C25H32F2N2O3. The number of aryl methyl sites for hydroxylation is 1. The third-order valence-electron chi connectivity index (χ3n) is 6.11. The molecule has 0 aliphatic carbocycles. The minimum absolute atomic E-state index is 0.110. The number of amides is 1. The smallest absolute Gasteiger partial charge is 0.217 e. The number of hydrogen-bond acceptors (Lipinski definition) is 4. The number of hydrogen-bond donors (Lipinski definition) is 3. The van der Waals surface area contributed by atoms with E-state index in [-0.39, 0.29) is 24.4 Å². The van der Waals surface area contributed by atoms with Gasteiger partial charge in [-0.15, -0.1) is 0 Å². The molecule has 0 aromatic heterocycles. The highest BCUT2D eigenvalue weighted by molar-refractivity contribution is 5.73. The highest BCUT2D eigenvalue weighted by Crippen LogP contribution is 2.33. The number of carbonyl (C=O) groups is 1. The first-order valence-electron chi connectivity index (χ1n) is 11.1. The van der Waals surface area contributed by atoms with E-state index in [4.69, 9.17) is 4.74 Å². The number of ether oxygens (including phenoxy) is 1. The van der Waals surface area contributed by atoms with Crippen LogP contribution in [0.4, 0.5) is 8.78 Å². The molecule has 2 aromatic rings. The number of nitrogens with one attached hydrogen (secondary N) is 2. The summed E-state index contributed by atoms with van der Waals surface area (Å²) in [5.41, 5.74) is 2.41. The van der Waals surface area contributed by atoms with Gasteiger partial charge in [0.2, 0.25) is 5.91 Å². The third kappa shape index (κ3) is 6.34. The summed E-state index contributed by atoms with van der Waals surface area (Å²) in [6.45, 7) is 4.89. The summed E-state index contributed by atoms with van der Waals surface area (Å²) in [5, 5.41) is 17.2. The number of aliphatic hydroxyl groups is 1. The van der Waals surface area contributed by atoms with Gasteiger partial charge in [-0.05, 0) is 54.5 Å². The lowest BCUT2D eigenvalue weighted by Crippen LogP contribution is -2.54. The molecule has 32 heavy (non-hydrogen) atoms. The van der Waals surface area contributed by atoms with Crippen LogP contribution in [0.15, 0.2) is 42.5 Å². The Kier molecular flexibility index (Phi) is 8.34. The molecule has 2 aromatic carbocycles. The molecule has 0 bridgehead atoms. The lowest BCUT2D eigenvalue weighted by Gasteiger charge is -2.40. The first kappa shape index (κ1) is 24.3. The number of carbonyl (C=O) groups excluding carboxylic acids is 1. The van der Waals surface area contributed by atoms with E-state index in [9.17, 15) is 18.7 Å². The zero-order chi connectivity index (χ0) is 23.1. The van der Waals surface area contributed by atoms with Gasteiger partial charge in [0.1, 0.15) is 11.6 Å². The van der Waals surface area contributed by atoms with Crippen molar-refractivity contribution in [1.82, 2.24) is 10.6 Å². The molecule has 174 valence electrons. The van der Waals surface area contributed by atoms with Crippen molar-refractivity contribution in [3.05, 3.63) is 70.8 Å². The molecule has 1 amide bonds. The summed E-state index contributed by atoms with van der Waals surface area (Å²) in [5.74, 6) is -1.69. The molecule has 1 heterocycles. The van der Waals surface area contributed by atoms with Gasteiger partial charge in [0.15, 0.2) is 0 Å². The van der Waals surface area contributed by atoms with Gasteiger partial charge in [-0.1, -0.05) is 31.2 Å². The minimum atomic E-state index is -0.959. The van der Waals surface area contributed by atoms with Crippen molar-refractivity contribution in [2.24, 2.45) is 0 Å². The zero-order valence-corrected chi connectivity index (χ0v) is 18.7. The van der Waals surface area contributed by atoms with E-state index in [1.54, 1.807) is 0 Å². The molecule has 0 unspecified atom stereocenters. The van der Waals surface area contributed by atoms with Gasteiger partial charge in [0, 0.05) is 38.3 Å². The summed E-state index contributed by atoms with van der Waals surface area (Å²) in [6, 6.07) is 10.9. The first-order chi connectivity index (χ1) is 15.3. The normalized spacial score (nSPS) is 17.5. The Balaban J connectivity index is 1.77. The van der Waals surface area contributed by atoms with Crippen molar-refractivity contribution >= 4 is 5.91 Å². The van der Waals surface area contributed by atoms with Gasteiger partial charge in [0.25, 0.3) is 0 Å². The summed E-state index contributed by atoms with van der Waals surface area (Å²) in [6.07, 6.45) is 1.59. The van der Waals surface area contributed by atoms with E-state index in [1.165, 1.54) is 24.6 Å². The average Bonchev–Trinajstić information content (AvgIpc) is 2.76. The second-order valence-electron chi connectivity index (χ2n) is 8.49. The van der Waals surface area contributed by atoms with Crippen LogP contribution in [0.25, 0.3) is 0 Å². The molecule has 5 nitrogen and oxygen atoms in total. The van der Waals surface area contributed by atoms with Gasteiger partial charge >= 0.3 is 0 Å². The molecule has 7 heteroatoms. The first-order valence-corrected chi connectivity index (χ1v) is 11.1. The minimum Gasteiger partial charge on any atom is -0.390 e. The lowest BCUT2D eigenvalue weighted by molar-refractivity contribution is -0.120. The van der Waals surface area contributed by atoms with E-state index in [0.717, 1.165) is 30.9 Å². The maximum Gasteiger partial charge on any atom is 0.217 e. The van der Waals surface area contributed by atoms with E-state index in [0.29, 0.717) is 18.8 Å². The van der Waals surface area contributed by atoms with Crippen LogP contribution in [0.3, 0.4) is 0 Å². The molecule has 0 saturated carbocycles. The molecule has 3 N–H and O–H groups in total. The topological polar surface area (TPSA) is 70.6 Å². The SMILES string of the molecule is CCc1cccc(C2(NC[C@@H](O)[C@H](Cc3cc(F)cc(F)c3)NC(C)=O)CCOCC2)c1. The molecule has 1 aliphatic rings. The Bertz CT molecular complexity index is 896. The molecule has 3 rings (SSSR count). The molecule has 1 fully saturated rings. The molecule has 1 aliphatic heterocycles. The molecule has 0 spiro atoms. The maximum absolute atomic E-state index is 13.6. The van der Waals surface area contributed by atoms with Crippen LogP contribution in [0.5, 0.6) is 0 Å². The maximum atomic E-state index is 13.6. The average molecular weight is 447 g/mol. The predicted molar refractivity (Wildman–Crippen MR) is 119 cm³/mol. The Labute approximate surface area is 188 Å². The number of aliphatic hydroxyl groups excluding tert-OH is 1. The number of benzene rings is 2. The highest BCUT2D eigenvalue weighted by Gasteiger charge is 2.35. The van der Waals surface area contributed by atoms with Crippen LogP contribution in [-0.2, 0) is 27.9 Å². The van der Waals surface area contributed by atoms with Crippen molar-refractivity contribution in [3.8, 4) is 0 Å². The Hall–Kier alpha value is -2.35. The fourth-order valence-electron chi connectivity index (χ4n) is 4.35. The van der Waals surface area contributed by atoms with Crippen molar-refractivity contribution in [2.75, 3.05) is 19.8 Å². The van der Waals surface area contributed by atoms with Crippen molar-refractivity contribution in [3.63, 3.8) is 0 Å². The summed E-state index contributed by atoms with van der Waals surface area (Å²) >= 11 is 0. The van der Waals surface area contributed by atoms with E-state index in [2.05, 4.69) is 35.8 Å². The summed E-state index contributed by atoms with van der Waals surface area (Å²) in [7, 11) is 0.